The van der Waals surface area contributed by atoms with Crippen molar-refractivity contribution in [3.63, 3.8) is 0 Å². The predicted molar refractivity (Wildman–Crippen MR) is 191 cm³/mol. The molecule has 0 saturated carbocycles. The molecule has 0 unspecified atom stereocenters. The molecule has 0 spiro atoms. The molecule has 18 heteroatoms. The molecule has 3 heterocycles. The SMILES string of the molecule is CC(=O)O[C@@H]1[C@@H](OC(C)=O)[C@H](C)O[C@@H](OC[C@H]2O[C@@H](Oc3ccc4c(=O)c(-c5ccccc5)coc4c3)[C@H](OC(C)=O)[C@@H](OC(C)=O)[C@@H]2OC(C)=O)[C@@H]1OC(C)=O. The molecule has 2 aromatic carbocycles. The lowest BCUT2D eigenvalue weighted by molar-refractivity contribution is -0.323. The lowest BCUT2D eigenvalue weighted by Gasteiger charge is -2.46. The summed E-state index contributed by atoms with van der Waals surface area (Å²) in [6.07, 6.45) is -12.9. The number of carbonyl (C=O) groups is 6. The van der Waals surface area contributed by atoms with Crippen molar-refractivity contribution in [3.8, 4) is 16.9 Å². The summed E-state index contributed by atoms with van der Waals surface area (Å²) in [7, 11) is 0. The molecule has 0 aliphatic carbocycles. The summed E-state index contributed by atoms with van der Waals surface area (Å²) in [4.78, 5) is 87.1. The van der Waals surface area contributed by atoms with Crippen molar-refractivity contribution in [2.24, 2.45) is 0 Å². The summed E-state index contributed by atoms with van der Waals surface area (Å²) in [6.45, 7) is 7.50. The fourth-order valence-corrected chi connectivity index (χ4v) is 6.51. The van der Waals surface area contributed by atoms with Crippen LogP contribution in [0.25, 0.3) is 22.1 Å². The average molecular weight is 799 g/mol. The molecule has 2 aliphatic rings. The molecule has 306 valence electrons. The first-order valence-electron chi connectivity index (χ1n) is 17.8. The fraction of sp³-hybridized carbons (Fsp3) is 0.462. The molecule has 3 aromatic rings. The number of benzene rings is 2. The molecule has 1 aromatic heterocycles. The predicted octanol–water partition coefficient (Wildman–Crippen LogP) is 2.92. The van der Waals surface area contributed by atoms with Crippen LogP contribution in [0.3, 0.4) is 0 Å². The summed E-state index contributed by atoms with van der Waals surface area (Å²) >= 11 is 0. The van der Waals surface area contributed by atoms with Gasteiger partial charge in [0.2, 0.25) is 12.4 Å². The fourth-order valence-electron chi connectivity index (χ4n) is 6.51. The van der Waals surface area contributed by atoms with Crippen LogP contribution in [0.4, 0.5) is 0 Å². The summed E-state index contributed by atoms with van der Waals surface area (Å²) in [5.41, 5.74) is 0.817. The van der Waals surface area contributed by atoms with E-state index >= 15 is 0 Å². The second-order valence-electron chi connectivity index (χ2n) is 13.2. The Morgan fingerprint density at radius 3 is 1.68 bits per heavy atom. The van der Waals surface area contributed by atoms with Crippen LogP contribution < -0.4 is 10.2 Å². The maximum Gasteiger partial charge on any atom is 0.303 e. The van der Waals surface area contributed by atoms with E-state index in [9.17, 15) is 33.6 Å². The number of hydrogen-bond donors (Lipinski definition) is 0. The molecule has 0 bridgehead atoms. The van der Waals surface area contributed by atoms with E-state index in [-0.39, 0.29) is 22.1 Å². The topological polar surface area (TPSA) is 225 Å². The Morgan fingerprint density at radius 2 is 1.11 bits per heavy atom. The van der Waals surface area contributed by atoms with Crippen molar-refractivity contribution in [2.75, 3.05) is 6.61 Å². The minimum Gasteiger partial charge on any atom is -0.463 e. The van der Waals surface area contributed by atoms with Gasteiger partial charge >= 0.3 is 35.8 Å². The van der Waals surface area contributed by atoms with Gasteiger partial charge in [-0.1, -0.05) is 30.3 Å². The smallest absolute Gasteiger partial charge is 0.303 e. The standard InChI is InChI=1S/C39H42O18/c1-18-32(50-19(2)40)34(52-21(4)42)36(54-23(6)44)38(49-18)48-17-30-33(51-20(3)41)35(53-22(5)43)37(55-24(7)45)39(57-30)56-26-13-14-27-29(15-26)47-16-28(31(27)46)25-11-9-8-10-12-25/h8-16,18,30,32-39H,17H2,1-7H3/t18-,30+,32-,33+,34+,35-,36+,37+,38+,39+/m0/s1. The molecule has 0 amide bonds. The van der Waals surface area contributed by atoms with Gasteiger partial charge < -0.3 is 51.8 Å². The minimum atomic E-state index is -1.59. The molecule has 57 heavy (non-hydrogen) atoms. The summed E-state index contributed by atoms with van der Waals surface area (Å²) in [6, 6.07) is 13.2. The van der Waals surface area contributed by atoms with Gasteiger partial charge in [-0.15, -0.1) is 0 Å². The highest BCUT2D eigenvalue weighted by Gasteiger charge is 2.55. The van der Waals surface area contributed by atoms with E-state index in [4.69, 9.17) is 51.8 Å². The van der Waals surface area contributed by atoms with Gasteiger partial charge in [0.05, 0.1) is 23.7 Å². The normalized spacial score (nSPS) is 27.0. The molecular formula is C39H42O18. The summed E-state index contributed by atoms with van der Waals surface area (Å²) < 4.78 is 63.2. The Labute approximate surface area is 325 Å². The first kappa shape index (κ1) is 42.3. The second-order valence-corrected chi connectivity index (χ2v) is 13.2. The monoisotopic (exact) mass is 798 g/mol. The van der Waals surface area contributed by atoms with Crippen LogP contribution in [0, 0.1) is 0 Å². The Balaban J connectivity index is 1.49. The largest absolute Gasteiger partial charge is 0.463 e. The van der Waals surface area contributed by atoms with Crippen molar-refractivity contribution in [3.05, 3.63) is 65.0 Å². The average Bonchev–Trinajstić information content (AvgIpc) is 3.12. The number of carbonyl (C=O) groups excluding carboxylic acids is 6. The molecular weight excluding hydrogens is 756 g/mol. The van der Waals surface area contributed by atoms with Gasteiger partial charge in [-0.3, -0.25) is 33.6 Å². The number of ether oxygens (including phenoxy) is 10. The minimum absolute atomic E-state index is 0.0625. The zero-order valence-electron chi connectivity index (χ0n) is 32.0. The van der Waals surface area contributed by atoms with E-state index in [2.05, 4.69) is 0 Å². The van der Waals surface area contributed by atoms with Crippen LogP contribution in [-0.2, 0) is 71.4 Å². The summed E-state index contributed by atoms with van der Waals surface area (Å²) in [5, 5.41) is 0.232. The molecule has 2 fully saturated rings. The third-order valence-corrected chi connectivity index (χ3v) is 8.64. The molecule has 2 saturated heterocycles. The van der Waals surface area contributed by atoms with E-state index in [0.29, 0.717) is 11.1 Å². The Bertz CT molecular complexity index is 2030. The number of hydrogen-bond acceptors (Lipinski definition) is 18. The van der Waals surface area contributed by atoms with E-state index in [1.54, 1.807) is 24.3 Å². The second kappa shape index (κ2) is 18.4. The van der Waals surface area contributed by atoms with Gasteiger partial charge in [-0.2, -0.15) is 0 Å². The molecule has 0 N–H and O–H groups in total. The first-order chi connectivity index (χ1) is 27.0. The van der Waals surface area contributed by atoms with Gasteiger partial charge in [0, 0.05) is 47.6 Å². The Morgan fingerprint density at radius 1 is 0.596 bits per heavy atom. The third-order valence-electron chi connectivity index (χ3n) is 8.64. The van der Waals surface area contributed by atoms with E-state index in [0.717, 1.165) is 41.5 Å². The van der Waals surface area contributed by atoms with E-state index in [1.807, 2.05) is 6.07 Å². The highest BCUT2D eigenvalue weighted by molar-refractivity contribution is 5.82. The van der Waals surface area contributed by atoms with Crippen molar-refractivity contribution in [1.29, 1.82) is 0 Å². The third kappa shape index (κ3) is 10.5. The molecule has 0 radical (unpaired) electrons. The lowest BCUT2D eigenvalue weighted by Crippen LogP contribution is -2.64. The molecule has 18 nitrogen and oxygen atoms in total. The van der Waals surface area contributed by atoms with Crippen LogP contribution in [0.15, 0.2) is 64.0 Å². The van der Waals surface area contributed by atoms with Crippen LogP contribution in [0.2, 0.25) is 0 Å². The van der Waals surface area contributed by atoms with Gasteiger partial charge in [-0.05, 0) is 24.6 Å². The molecule has 10 atom stereocenters. The molecule has 2 aliphatic heterocycles. The van der Waals surface area contributed by atoms with Gasteiger partial charge in [-0.25, -0.2) is 0 Å². The molecule has 5 rings (SSSR count). The van der Waals surface area contributed by atoms with Gasteiger partial charge in [0.1, 0.15) is 23.7 Å². The van der Waals surface area contributed by atoms with Crippen molar-refractivity contribution >= 4 is 46.8 Å². The highest BCUT2D eigenvalue weighted by Crippen LogP contribution is 2.34. The van der Waals surface area contributed by atoms with E-state index < -0.39 is 104 Å². The van der Waals surface area contributed by atoms with Crippen molar-refractivity contribution in [2.45, 2.75) is 110 Å². The van der Waals surface area contributed by atoms with Crippen LogP contribution in [0.1, 0.15) is 48.5 Å². The van der Waals surface area contributed by atoms with Crippen LogP contribution in [0.5, 0.6) is 5.75 Å². The number of fused-ring (bicyclic) bond motifs is 1. The van der Waals surface area contributed by atoms with Crippen LogP contribution in [-0.4, -0.2) is 104 Å². The lowest BCUT2D eigenvalue weighted by atomic mass is 9.97. The highest BCUT2D eigenvalue weighted by atomic mass is 16.8. The van der Waals surface area contributed by atoms with E-state index in [1.165, 1.54) is 31.4 Å². The van der Waals surface area contributed by atoms with Gasteiger partial charge in [0.25, 0.3) is 0 Å². The summed E-state index contributed by atoms with van der Waals surface area (Å²) in [5.74, 6) is -4.82. The van der Waals surface area contributed by atoms with Crippen molar-refractivity contribution < 1.29 is 80.6 Å². The zero-order valence-corrected chi connectivity index (χ0v) is 32.0. The van der Waals surface area contributed by atoms with Crippen LogP contribution >= 0.6 is 0 Å². The number of rotatable bonds is 12. The van der Waals surface area contributed by atoms with Gasteiger partial charge in [0.15, 0.2) is 42.2 Å². The maximum atomic E-state index is 13.4. The number of esters is 6. The first-order valence-corrected chi connectivity index (χ1v) is 17.8. The van der Waals surface area contributed by atoms with Crippen molar-refractivity contribution in [1.82, 2.24) is 0 Å². The zero-order chi connectivity index (χ0) is 41.6. The Kier molecular flexibility index (Phi) is 13.7. The maximum absolute atomic E-state index is 13.4. The Hall–Kier alpha value is -5.85. The quantitative estimate of drug-likeness (QED) is 0.190.